The van der Waals surface area contributed by atoms with Crippen molar-refractivity contribution in [2.75, 3.05) is 59.4 Å². The molecule has 2 heterocycles. The Morgan fingerprint density at radius 3 is 2.39 bits per heavy atom. The maximum absolute atomic E-state index is 9.92. The van der Waals surface area contributed by atoms with E-state index in [2.05, 4.69) is 21.7 Å². The number of likely N-dealkylation sites (tertiary alicyclic amines) is 1. The molecular formula is C14H27N3O. The second-order valence-corrected chi connectivity index (χ2v) is 6.47. The van der Waals surface area contributed by atoms with Crippen molar-refractivity contribution in [3.05, 3.63) is 0 Å². The van der Waals surface area contributed by atoms with E-state index < -0.39 is 0 Å². The third-order valence-electron chi connectivity index (χ3n) is 5.22. The third-order valence-corrected chi connectivity index (χ3v) is 5.22. The van der Waals surface area contributed by atoms with E-state index in [4.69, 9.17) is 0 Å². The summed E-state index contributed by atoms with van der Waals surface area (Å²) < 4.78 is 0. The normalized spacial score (nSPS) is 39.3. The van der Waals surface area contributed by atoms with Crippen molar-refractivity contribution in [1.29, 1.82) is 0 Å². The van der Waals surface area contributed by atoms with Crippen molar-refractivity contribution >= 4 is 0 Å². The SMILES string of the molecule is CN1CCN(CCN2CC3CCC(O)C3C2)CC1. The molecule has 3 aliphatic rings. The molecule has 3 rings (SSSR count). The number of aliphatic hydroxyl groups excluding tert-OH is 1. The summed E-state index contributed by atoms with van der Waals surface area (Å²) >= 11 is 0. The highest BCUT2D eigenvalue weighted by atomic mass is 16.3. The van der Waals surface area contributed by atoms with Gasteiger partial charge in [-0.3, -0.25) is 4.90 Å². The second-order valence-electron chi connectivity index (χ2n) is 6.47. The lowest BCUT2D eigenvalue weighted by Crippen LogP contribution is -2.46. The van der Waals surface area contributed by atoms with Crippen molar-refractivity contribution in [2.45, 2.75) is 18.9 Å². The van der Waals surface area contributed by atoms with E-state index in [1.165, 1.54) is 52.2 Å². The van der Waals surface area contributed by atoms with E-state index in [0.717, 1.165) is 18.9 Å². The Bertz CT molecular complexity index is 278. The molecule has 104 valence electrons. The van der Waals surface area contributed by atoms with Crippen molar-refractivity contribution < 1.29 is 5.11 Å². The van der Waals surface area contributed by atoms with Crippen LogP contribution < -0.4 is 0 Å². The molecule has 3 unspecified atom stereocenters. The molecule has 0 bridgehead atoms. The zero-order chi connectivity index (χ0) is 12.5. The quantitative estimate of drug-likeness (QED) is 0.763. The van der Waals surface area contributed by atoms with Crippen LogP contribution in [-0.2, 0) is 0 Å². The zero-order valence-corrected chi connectivity index (χ0v) is 11.6. The lowest BCUT2D eigenvalue weighted by molar-refractivity contribution is 0.116. The van der Waals surface area contributed by atoms with Gasteiger partial charge in [-0.25, -0.2) is 0 Å². The number of aliphatic hydroxyl groups is 1. The van der Waals surface area contributed by atoms with Gasteiger partial charge >= 0.3 is 0 Å². The van der Waals surface area contributed by atoms with Gasteiger partial charge in [0.15, 0.2) is 0 Å². The monoisotopic (exact) mass is 253 g/mol. The predicted octanol–water partition coefficient (Wildman–Crippen LogP) is -0.0635. The van der Waals surface area contributed by atoms with Gasteiger partial charge in [-0.1, -0.05) is 0 Å². The van der Waals surface area contributed by atoms with Crippen LogP contribution in [-0.4, -0.2) is 85.3 Å². The van der Waals surface area contributed by atoms with Gasteiger partial charge in [0.05, 0.1) is 6.10 Å². The molecule has 3 fully saturated rings. The fourth-order valence-corrected chi connectivity index (χ4v) is 3.87. The molecule has 2 aliphatic heterocycles. The molecule has 0 radical (unpaired) electrons. The van der Waals surface area contributed by atoms with Crippen molar-refractivity contribution in [3.63, 3.8) is 0 Å². The minimum absolute atomic E-state index is 0.0105. The van der Waals surface area contributed by atoms with Gasteiger partial charge in [0.1, 0.15) is 0 Å². The van der Waals surface area contributed by atoms with Crippen LogP contribution in [0.3, 0.4) is 0 Å². The number of rotatable bonds is 3. The number of likely N-dealkylation sites (N-methyl/N-ethyl adjacent to an activating group) is 1. The summed E-state index contributed by atoms with van der Waals surface area (Å²) in [4.78, 5) is 7.58. The predicted molar refractivity (Wildman–Crippen MR) is 72.6 cm³/mol. The molecule has 18 heavy (non-hydrogen) atoms. The molecular weight excluding hydrogens is 226 g/mol. The molecule has 0 spiro atoms. The van der Waals surface area contributed by atoms with Crippen LogP contribution in [0.5, 0.6) is 0 Å². The van der Waals surface area contributed by atoms with Gasteiger partial charge < -0.3 is 14.9 Å². The summed E-state index contributed by atoms with van der Waals surface area (Å²) in [5.41, 5.74) is 0. The van der Waals surface area contributed by atoms with Gasteiger partial charge in [-0.05, 0) is 25.8 Å². The zero-order valence-electron chi connectivity index (χ0n) is 11.6. The van der Waals surface area contributed by atoms with Crippen molar-refractivity contribution in [1.82, 2.24) is 14.7 Å². The third kappa shape index (κ3) is 2.72. The second kappa shape index (κ2) is 5.45. The number of hydrogen-bond donors (Lipinski definition) is 1. The van der Waals surface area contributed by atoms with E-state index >= 15 is 0 Å². The van der Waals surface area contributed by atoms with Gasteiger partial charge in [-0.2, -0.15) is 0 Å². The topological polar surface area (TPSA) is 30.0 Å². The van der Waals surface area contributed by atoms with Crippen LogP contribution in [0.4, 0.5) is 0 Å². The minimum Gasteiger partial charge on any atom is -0.393 e. The van der Waals surface area contributed by atoms with E-state index in [9.17, 15) is 5.11 Å². The maximum Gasteiger partial charge on any atom is 0.0583 e. The summed E-state index contributed by atoms with van der Waals surface area (Å²) in [6.45, 7) is 9.65. The Morgan fingerprint density at radius 2 is 1.67 bits per heavy atom. The first-order chi connectivity index (χ1) is 8.72. The average molecular weight is 253 g/mol. The van der Waals surface area contributed by atoms with E-state index in [0.29, 0.717) is 5.92 Å². The molecule has 0 amide bonds. The molecule has 4 nitrogen and oxygen atoms in total. The van der Waals surface area contributed by atoms with Crippen molar-refractivity contribution in [3.8, 4) is 0 Å². The molecule has 4 heteroatoms. The Kier molecular flexibility index (Phi) is 3.89. The van der Waals surface area contributed by atoms with Crippen LogP contribution in [0, 0.1) is 11.8 Å². The van der Waals surface area contributed by atoms with Gasteiger partial charge in [-0.15, -0.1) is 0 Å². The Morgan fingerprint density at radius 1 is 0.944 bits per heavy atom. The van der Waals surface area contributed by atoms with Crippen LogP contribution in [0.1, 0.15) is 12.8 Å². The van der Waals surface area contributed by atoms with E-state index in [-0.39, 0.29) is 6.10 Å². The van der Waals surface area contributed by atoms with Crippen molar-refractivity contribution in [2.24, 2.45) is 11.8 Å². The smallest absolute Gasteiger partial charge is 0.0583 e. The largest absolute Gasteiger partial charge is 0.393 e. The standard InChI is InChI=1S/C14H27N3O/c1-15-4-6-16(7-5-15)8-9-17-10-12-2-3-14(18)13(12)11-17/h12-14,18H,2-11H2,1H3. The maximum atomic E-state index is 9.92. The summed E-state index contributed by atoms with van der Waals surface area (Å²) in [7, 11) is 2.21. The number of piperazine rings is 1. The highest BCUT2D eigenvalue weighted by Gasteiger charge is 2.41. The molecule has 1 aliphatic carbocycles. The Balaban J connectivity index is 1.40. The first-order valence-electron chi connectivity index (χ1n) is 7.53. The summed E-state index contributed by atoms with van der Waals surface area (Å²) in [5, 5.41) is 9.92. The lowest BCUT2D eigenvalue weighted by atomic mass is 10.00. The molecule has 1 N–H and O–H groups in total. The van der Waals surface area contributed by atoms with E-state index in [1.54, 1.807) is 0 Å². The summed E-state index contributed by atoms with van der Waals surface area (Å²) in [6, 6.07) is 0. The molecule has 1 saturated carbocycles. The Labute approximate surface area is 111 Å². The van der Waals surface area contributed by atoms with E-state index in [1.807, 2.05) is 0 Å². The van der Waals surface area contributed by atoms with Crippen LogP contribution >= 0.6 is 0 Å². The molecule has 2 saturated heterocycles. The number of fused-ring (bicyclic) bond motifs is 1. The van der Waals surface area contributed by atoms with Gasteiger partial charge in [0.2, 0.25) is 0 Å². The highest BCUT2D eigenvalue weighted by molar-refractivity contribution is 4.93. The fraction of sp³-hybridized carbons (Fsp3) is 1.00. The fourth-order valence-electron chi connectivity index (χ4n) is 3.87. The molecule has 0 aromatic carbocycles. The first kappa shape index (κ1) is 12.9. The molecule has 0 aromatic heterocycles. The van der Waals surface area contributed by atoms with Crippen LogP contribution in [0.2, 0.25) is 0 Å². The molecule has 0 aromatic rings. The molecule has 3 atom stereocenters. The van der Waals surface area contributed by atoms with Gasteiger partial charge in [0, 0.05) is 58.3 Å². The average Bonchev–Trinajstić information content (AvgIpc) is 2.91. The highest BCUT2D eigenvalue weighted by Crippen LogP contribution is 2.37. The van der Waals surface area contributed by atoms with Crippen LogP contribution in [0.25, 0.3) is 0 Å². The number of hydrogen-bond acceptors (Lipinski definition) is 4. The first-order valence-corrected chi connectivity index (χ1v) is 7.53. The lowest BCUT2D eigenvalue weighted by Gasteiger charge is -2.33. The van der Waals surface area contributed by atoms with Gasteiger partial charge in [0.25, 0.3) is 0 Å². The minimum atomic E-state index is -0.0105. The van der Waals surface area contributed by atoms with Crippen LogP contribution in [0.15, 0.2) is 0 Å². The number of nitrogens with zero attached hydrogens (tertiary/aromatic N) is 3. The summed E-state index contributed by atoms with van der Waals surface area (Å²) in [6.07, 6.45) is 2.28. The Hall–Kier alpha value is -0.160. The summed E-state index contributed by atoms with van der Waals surface area (Å²) in [5.74, 6) is 1.37.